The molecule has 1 saturated carbocycles. The first-order valence-corrected chi connectivity index (χ1v) is 11.5. The fraction of sp³-hybridized carbons (Fsp3) is 0.583. The van der Waals surface area contributed by atoms with Crippen LogP contribution in [0, 0.1) is 5.92 Å². The number of fused-ring (bicyclic) bond motifs is 1. The van der Waals surface area contributed by atoms with E-state index in [4.69, 9.17) is 4.42 Å². The molecule has 0 unspecified atom stereocenters. The number of nitrogens with one attached hydrogen (secondary N) is 1. The number of piperazine rings is 1. The van der Waals surface area contributed by atoms with Crippen LogP contribution in [0.1, 0.15) is 31.4 Å². The molecule has 0 atom stereocenters. The van der Waals surface area contributed by atoms with E-state index in [1.54, 1.807) is 0 Å². The molecule has 2 aliphatic rings. The van der Waals surface area contributed by atoms with Crippen LogP contribution in [0.3, 0.4) is 0 Å². The molecule has 2 fully saturated rings. The molecule has 2 heterocycles. The second kappa shape index (κ2) is 10.2. The van der Waals surface area contributed by atoms with Gasteiger partial charge < -0.3 is 19.5 Å². The Morgan fingerprint density at radius 3 is 2.65 bits per heavy atom. The van der Waals surface area contributed by atoms with Crippen LogP contribution < -0.4 is 5.32 Å². The molecule has 4 rings (SSSR count). The molecule has 1 amide bonds. The Hall–Kier alpha value is -2.54. The molecule has 1 aromatic heterocycles. The minimum atomic E-state index is 0.291. The highest BCUT2D eigenvalue weighted by Crippen LogP contribution is 2.27. The van der Waals surface area contributed by atoms with Gasteiger partial charge in [0.1, 0.15) is 11.3 Å². The van der Waals surface area contributed by atoms with Crippen LogP contribution in [-0.4, -0.2) is 79.9 Å². The quantitative estimate of drug-likeness (QED) is 0.570. The van der Waals surface area contributed by atoms with Crippen molar-refractivity contribution in [2.45, 2.75) is 32.2 Å². The van der Waals surface area contributed by atoms with Crippen LogP contribution in [0.15, 0.2) is 39.7 Å². The summed E-state index contributed by atoms with van der Waals surface area (Å²) in [6.07, 6.45) is 4.61. The Bertz CT molecular complexity index is 861. The number of aliphatic imine (C=N–C) groups is 1. The number of amides is 1. The Morgan fingerprint density at radius 1 is 1.19 bits per heavy atom. The lowest BCUT2D eigenvalue weighted by molar-refractivity contribution is -0.137. The summed E-state index contributed by atoms with van der Waals surface area (Å²) in [7, 11) is 3.83. The molecule has 0 spiro atoms. The highest BCUT2D eigenvalue weighted by molar-refractivity contribution is 5.80. The smallest absolute Gasteiger partial charge is 0.225 e. The number of para-hydroxylation sites is 1. The SMILES string of the molecule is CN=C(NCCN1CCN(C(=O)C2CCCC2)CC1)N(C)Cc1cc2ccccc2o1. The first-order valence-electron chi connectivity index (χ1n) is 11.5. The van der Waals surface area contributed by atoms with Crippen molar-refractivity contribution < 1.29 is 9.21 Å². The van der Waals surface area contributed by atoms with E-state index >= 15 is 0 Å². The Morgan fingerprint density at radius 2 is 1.94 bits per heavy atom. The van der Waals surface area contributed by atoms with Gasteiger partial charge in [-0.3, -0.25) is 14.7 Å². The van der Waals surface area contributed by atoms with Gasteiger partial charge in [-0.25, -0.2) is 0 Å². The van der Waals surface area contributed by atoms with Crippen LogP contribution in [0.5, 0.6) is 0 Å². The second-order valence-electron chi connectivity index (χ2n) is 8.73. The summed E-state index contributed by atoms with van der Waals surface area (Å²) >= 11 is 0. The Kier molecular flexibility index (Phi) is 7.12. The lowest BCUT2D eigenvalue weighted by Gasteiger charge is -2.36. The number of rotatable bonds is 6. The van der Waals surface area contributed by atoms with E-state index in [0.717, 1.165) is 74.8 Å². The average Bonchev–Trinajstić information content (AvgIpc) is 3.46. The largest absolute Gasteiger partial charge is 0.459 e. The van der Waals surface area contributed by atoms with Crippen LogP contribution in [0.2, 0.25) is 0 Å². The van der Waals surface area contributed by atoms with Crippen molar-refractivity contribution in [2.75, 3.05) is 53.4 Å². The fourth-order valence-corrected chi connectivity index (χ4v) is 4.76. The summed E-state index contributed by atoms with van der Waals surface area (Å²) < 4.78 is 5.93. The molecule has 1 aliphatic carbocycles. The van der Waals surface area contributed by atoms with Crippen molar-refractivity contribution in [3.63, 3.8) is 0 Å². The lowest BCUT2D eigenvalue weighted by Crippen LogP contribution is -2.51. The van der Waals surface area contributed by atoms with Gasteiger partial charge in [0.05, 0.1) is 6.54 Å². The predicted octanol–water partition coefficient (Wildman–Crippen LogP) is 2.77. The molecule has 7 nitrogen and oxygen atoms in total. The molecule has 1 aliphatic heterocycles. The highest BCUT2D eigenvalue weighted by Gasteiger charge is 2.29. The summed E-state index contributed by atoms with van der Waals surface area (Å²) in [5.74, 6) is 2.46. The van der Waals surface area contributed by atoms with Gasteiger partial charge >= 0.3 is 0 Å². The van der Waals surface area contributed by atoms with Gasteiger partial charge in [0.2, 0.25) is 5.91 Å². The fourth-order valence-electron chi connectivity index (χ4n) is 4.76. The molecule has 0 bridgehead atoms. The van der Waals surface area contributed by atoms with E-state index in [0.29, 0.717) is 18.4 Å². The minimum absolute atomic E-state index is 0.291. The average molecular weight is 426 g/mol. The van der Waals surface area contributed by atoms with Gasteiger partial charge in [0.25, 0.3) is 0 Å². The zero-order valence-electron chi connectivity index (χ0n) is 18.8. The molecule has 1 N–H and O–H groups in total. The third kappa shape index (κ3) is 5.39. The van der Waals surface area contributed by atoms with Crippen molar-refractivity contribution in [2.24, 2.45) is 10.9 Å². The number of guanidine groups is 1. The topological polar surface area (TPSA) is 64.3 Å². The van der Waals surface area contributed by atoms with E-state index in [2.05, 4.69) is 37.1 Å². The second-order valence-corrected chi connectivity index (χ2v) is 8.73. The number of hydrogen-bond acceptors (Lipinski definition) is 4. The van der Waals surface area contributed by atoms with Gasteiger partial charge in [0, 0.05) is 64.7 Å². The van der Waals surface area contributed by atoms with Crippen LogP contribution in [0.4, 0.5) is 0 Å². The van der Waals surface area contributed by atoms with E-state index < -0.39 is 0 Å². The zero-order chi connectivity index (χ0) is 21.6. The summed E-state index contributed by atoms with van der Waals surface area (Å²) in [4.78, 5) is 23.6. The first kappa shape index (κ1) is 21.7. The van der Waals surface area contributed by atoms with Crippen LogP contribution >= 0.6 is 0 Å². The molecule has 1 aromatic carbocycles. The normalized spacial score (nSPS) is 18.6. The molecule has 7 heteroatoms. The Labute approximate surface area is 185 Å². The van der Waals surface area contributed by atoms with E-state index in [1.807, 2.05) is 32.3 Å². The van der Waals surface area contributed by atoms with Crippen molar-refractivity contribution in [1.29, 1.82) is 0 Å². The summed E-state index contributed by atoms with van der Waals surface area (Å²) in [6, 6.07) is 10.2. The molecule has 168 valence electrons. The van der Waals surface area contributed by atoms with Crippen LogP contribution in [-0.2, 0) is 11.3 Å². The van der Waals surface area contributed by atoms with Gasteiger partial charge in [-0.15, -0.1) is 0 Å². The molecular weight excluding hydrogens is 390 g/mol. The van der Waals surface area contributed by atoms with E-state index in [1.165, 1.54) is 12.8 Å². The maximum atomic E-state index is 12.6. The van der Waals surface area contributed by atoms with Gasteiger partial charge in [-0.1, -0.05) is 31.0 Å². The third-order valence-corrected chi connectivity index (χ3v) is 6.54. The first-order chi connectivity index (χ1) is 15.1. The monoisotopic (exact) mass is 425 g/mol. The van der Waals surface area contributed by atoms with Crippen molar-refractivity contribution in [3.05, 3.63) is 36.1 Å². The lowest BCUT2D eigenvalue weighted by atomic mass is 10.1. The van der Waals surface area contributed by atoms with Crippen molar-refractivity contribution >= 4 is 22.8 Å². The van der Waals surface area contributed by atoms with E-state index in [9.17, 15) is 4.79 Å². The third-order valence-electron chi connectivity index (χ3n) is 6.54. The van der Waals surface area contributed by atoms with Crippen molar-refractivity contribution in [3.8, 4) is 0 Å². The van der Waals surface area contributed by atoms with Gasteiger partial charge in [-0.05, 0) is 25.0 Å². The molecule has 0 radical (unpaired) electrons. The number of hydrogen-bond donors (Lipinski definition) is 1. The van der Waals surface area contributed by atoms with E-state index in [-0.39, 0.29) is 0 Å². The standard InChI is InChI=1S/C24H35N5O2/c1-25-24(27(2)18-21-17-20-9-5-6-10-22(20)31-21)26-11-12-28-13-15-29(16-14-28)23(30)19-7-3-4-8-19/h5-6,9-10,17,19H,3-4,7-8,11-16,18H2,1-2H3,(H,25,26). The van der Waals surface area contributed by atoms with Gasteiger partial charge in [0.15, 0.2) is 5.96 Å². The number of carbonyl (C=O) groups excluding carboxylic acids is 1. The summed E-state index contributed by atoms with van der Waals surface area (Å²) in [5, 5.41) is 4.59. The highest BCUT2D eigenvalue weighted by atomic mass is 16.3. The molecular formula is C24H35N5O2. The minimum Gasteiger partial charge on any atom is -0.459 e. The Balaban J connectivity index is 1.19. The summed E-state index contributed by atoms with van der Waals surface area (Å²) in [5.41, 5.74) is 0.916. The number of carbonyl (C=O) groups is 1. The molecule has 1 saturated heterocycles. The maximum Gasteiger partial charge on any atom is 0.225 e. The zero-order valence-corrected chi connectivity index (χ0v) is 18.8. The summed E-state index contributed by atoms with van der Waals surface area (Å²) in [6.45, 7) is 6.06. The number of furan rings is 1. The maximum absolute atomic E-state index is 12.6. The molecule has 2 aromatic rings. The van der Waals surface area contributed by atoms with Crippen LogP contribution in [0.25, 0.3) is 11.0 Å². The molecule has 31 heavy (non-hydrogen) atoms. The van der Waals surface area contributed by atoms with Gasteiger partial charge in [-0.2, -0.15) is 0 Å². The van der Waals surface area contributed by atoms with Crippen molar-refractivity contribution in [1.82, 2.24) is 20.0 Å². The predicted molar refractivity (Wildman–Crippen MR) is 124 cm³/mol. The number of benzene rings is 1. The number of nitrogens with zero attached hydrogens (tertiary/aromatic N) is 4.